The van der Waals surface area contributed by atoms with Gasteiger partial charge < -0.3 is 36.2 Å². The molecule has 68 valence electrons. The normalized spacial score (nSPS) is 9.85. The Morgan fingerprint density at radius 3 is 2.15 bits per heavy atom. The third kappa shape index (κ3) is 12.6. The first-order valence-electron chi connectivity index (χ1n) is 3.11. The number of hydrogen-bond acceptors (Lipinski definition) is 1. The summed E-state index contributed by atoms with van der Waals surface area (Å²) in [5, 5.41) is 4.89. The molecule has 0 unspecified atom stereocenters. The van der Waals surface area contributed by atoms with Crippen molar-refractivity contribution in [2.75, 3.05) is 0 Å². The van der Waals surface area contributed by atoms with Crippen LogP contribution in [0.25, 0.3) is 0 Å². The van der Waals surface area contributed by atoms with Gasteiger partial charge in [-0.1, -0.05) is 0 Å². The van der Waals surface area contributed by atoms with Crippen molar-refractivity contribution < 1.29 is 51.0 Å². The van der Waals surface area contributed by atoms with Crippen molar-refractivity contribution in [2.45, 2.75) is 6.42 Å². The van der Waals surface area contributed by atoms with Gasteiger partial charge in [0.05, 0.1) is 0 Å². The predicted octanol–water partition coefficient (Wildman–Crippen LogP) is -3.14. The van der Waals surface area contributed by atoms with Crippen molar-refractivity contribution in [3.8, 4) is 0 Å². The monoisotopic (exact) mass is 308 g/mol. The van der Waals surface area contributed by atoms with Crippen molar-refractivity contribution in [1.82, 2.24) is 0 Å². The summed E-state index contributed by atoms with van der Waals surface area (Å²) >= 11 is 1.59. The number of allylic oxidation sites excluding steroid dienone is 4. The van der Waals surface area contributed by atoms with Crippen molar-refractivity contribution in [2.24, 2.45) is 0 Å². The Balaban J connectivity index is -0.000000125. The molecule has 0 atom stereocenters. The van der Waals surface area contributed by atoms with Crippen LogP contribution >= 0.6 is 11.3 Å². The minimum Gasteiger partial charge on any atom is -1.00 e. The maximum atomic E-state index is 2.99. The van der Waals surface area contributed by atoms with Gasteiger partial charge in [0.2, 0.25) is 0 Å². The fourth-order valence-electron chi connectivity index (χ4n) is 0.537. The number of thiophene rings is 1. The third-order valence-corrected chi connectivity index (χ3v) is 1.53. The average Bonchev–Trinajstić information content (AvgIpc) is 2.67. The van der Waals surface area contributed by atoms with Crippen LogP contribution in [0, 0.1) is 11.5 Å². The minimum atomic E-state index is 0. The van der Waals surface area contributed by atoms with Gasteiger partial charge in [0, 0.05) is 0 Å². The summed E-state index contributed by atoms with van der Waals surface area (Å²) in [6.07, 6.45) is 10.0. The summed E-state index contributed by atoms with van der Waals surface area (Å²) in [6, 6.07) is 3.86. The summed E-state index contributed by atoms with van der Waals surface area (Å²) in [5.74, 6) is 0. The largest absolute Gasteiger partial charge is 4.00 e. The summed E-state index contributed by atoms with van der Waals surface area (Å²) in [6.45, 7) is 0. The second-order valence-corrected chi connectivity index (χ2v) is 2.48. The molecule has 0 saturated carbocycles. The molecule has 0 fully saturated rings. The second-order valence-electron chi connectivity index (χ2n) is 1.73. The van der Waals surface area contributed by atoms with Gasteiger partial charge in [0.25, 0.3) is 0 Å². The van der Waals surface area contributed by atoms with E-state index >= 15 is 0 Å². The van der Waals surface area contributed by atoms with E-state index in [4.69, 9.17) is 0 Å². The van der Waals surface area contributed by atoms with Gasteiger partial charge in [-0.25, -0.2) is 18.2 Å². The van der Waals surface area contributed by atoms with Crippen LogP contribution in [0.4, 0.5) is 0 Å². The number of halogens is 2. The molecule has 4 heteroatoms. The summed E-state index contributed by atoms with van der Waals surface area (Å²) < 4.78 is 0. The Kier molecular flexibility index (Phi) is 22.4. The Morgan fingerprint density at radius 1 is 1.23 bits per heavy atom. The summed E-state index contributed by atoms with van der Waals surface area (Å²) in [5.41, 5.74) is 0. The van der Waals surface area contributed by atoms with Crippen LogP contribution in [0.15, 0.2) is 35.7 Å². The van der Waals surface area contributed by atoms with Crippen LogP contribution in [0.5, 0.6) is 0 Å². The molecule has 1 aromatic heterocycles. The second kappa shape index (κ2) is 15.1. The van der Waals surface area contributed by atoms with Crippen LogP contribution in [-0.2, 0) is 26.2 Å². The van der Waals surface area contributed by atoms with Crippen LogP contribution in [0.1, 0.15) is 6.42 Å². The predicted molar refractivity (Wildman–Crippen MR) is 44.7 cm³/mol. The first-order chi connectivity index (χ1) is 5.00. The van der Waals surface area contributed by atoms with E-state index in [-0.39, 0.29) is 51.0 Å². The maximum Gasteiger partial charge on any atom is 4.00 e. The van der Waals surface area contributed by atoms with Crippen LogP contribution < -0.4 is 24.8 Å². The zero-order valence-corrected chi connectivity index (χ0v) is 11.6. The van der Waals surface area contributed by atoms with E-state index in [0.717, 1.165) is 6.42 Å². The molecule has 0 N–H and O–H groups in total. The zero-order chi connectivity index (χ0) is 7.07. The molecule has 0 saturated heterocycles. The van der Waals surface area contributed by atoms with Gasteiger partial charge in [0.1, 0.15) is 0 Å². The Hall–Kier alpha value is 0.643. The van der Waals surface area contributed by atoms with Crippen molar-refractivity contribution in [1.29, 1.82) is 0 Å². The van der Waals surface area contributed by atoms with Gasteiger partial charge >= 0.3 is 26.2 Å². The van der Waals surface area contributed by atoms with Crippen molar-refractivity contribution in [3.05, 3.63) is 47.2 Å². The Morgan fingerprint density at radius 2 is 2.00 bits per heavy atom. The van der Waals surface area contributed by atoms with Crippen molar-refractivity contribution >= 4 is 11.3 Å². The van der Waals surface area contributed by atoms with Gasteiger partial charge in [-0.2, -0.15) is 17.5 Å². The zero-order valence-electron chi connectivity index (χ0n) is 6.84. The standard InChI is InChI=1S/C5H5.C4H3S.2ClH.Zr/c2*1-2-4-5-3-1;;;/h1-3H,4H2;1-3H;2*1H;/q2*-1;;;+4/p-2. The van der Waals surface area contributed by atoms with E-state index in [0.29, 0.717) is 0 Å². The fraction of sp³-hybridized carbons (Fsp3) is 0.111. The Bertz CT molecular complexity index is 180. The van der Waals surface area contributed by atoms with Crippen molar-refractivity contribution in [3.63, 3.8) is 0 Å². The quantitative estimate of drug-likeness (QED) is 0.444. The van der Waals surface area contributed by atoms with E-state index in [1.54, 1.807) is 11.3 Å². The first kappa shape index (κ1) is 19.3. The van der Waals surface area contributed by atoms with Crippen LogP contribution in [0.2, 0.25) is 0 Å². The molecule has 0 aromatic carbocycles. The molecule has 1 aliphatic carbocycles. The maximum absolute atomic E-state index is 2.99. The Labute approximate surface area is 115 Å². The van der Waals surface area contributed by atoms with Gasteiger partial charge in [-0.05, 0) is 0 Å². The van der Waals surface area contributed by atoms with Crippen LogP contribution in [0.3, 0.4) is 0 Å². The molecule has 1 aliphatic rings. The number of hydrogen-bond donors (Lipinski definition) is 0. The molecular weight excluding hydrogens is 302 g/mol. The van der Waals surface area contributed by atoms with Gasteiger partial charge in [0.15, 0.2) is 0 Å². The molecule has 2 rings (SSSR count). The molecule has 1 aromatic rings. The minimum absolute atomic E-state index is 0. The van der Waals surface area contributed by atoms with E-state index in [1.807, 2.05) is 29.7 Å². The molecule has 1 heterocycles. The fourth-order valence-corrected chi connectivity index (χ4v) is 0.929. The first-order valence-corrected chi connectivity index (χ1v) is 3.99. The third-order valence-electron chi connectivity index (χ3n) is 0.965. The molecule has 0 radical (unpaired) electrons. The summed E-state index contributed by atoms with van der Waals surface area (Å²) in [7, 11) is 0. The molecule has 0 amide bonds. The molecule has 0 spiro atoms. The molecular formula is C9H8Cl2SZr. The molecule has 0 nitrogen and oxygen atoms in total. The average molecular weight is 310 g/mol. The van der Waals surface area contributed by atoms with E-state index < -0.39 is 0 Å². The molecule has 0 aliphatic heterocycles. The van der Waals surface area contributed by atoms with Crippen LogP contribution in [-0.4, -0.2) is 0 Å². The van der Waals surface area contributed by atoms with E-state index in [1.165, 1.54) is 0 Å². The SMILES string of the molecule is [C-]1=CC=CC1.[Cl-].[Cl-].[Zr+4].[c-]1cccs1. The molecule has 13 heavy (non-hydrogen) atoms. The smallest absolute Gasteiger partial charge is 1.00 e. The van der Waals surface area contributed by atoms with Gasteiger partial charge in [-0.3, -0.25) is 6.08 Å². The summed E-state index contributed by atoms with van der Waals surface area (Å²) in [4.78, 5) is 0. The number of rotatable bonds is 0. The molecule has 0 bridgehead atoms. The van der Waals surface area contributed by atoms with Gasteiger partial charge in [-0.15, -0.1) is 11.8 Å². The van der Waals surface area contributed by atoms with E-state index in [2.05, 4.69) is 17.5 Å². The van der Waals surface area contributed by atoms with E-state index in [9.17, 15) is 0 Å². The topological polar surface area (TPSA) is 0 Å².